The summed E-state index contributed by atoms with van der Waals surface area (Å²) in [5.41, 5.74) is 1.79. The summed E-state index contributed by atoms with van der Waals surface area (Å²) in [5.74, 6) is 0.0546. The molecule has 2 aromatic carbocycles. The normalized spacial score (nSPS) is 10.9. The van der Waals surface area contributed by atoms with E-state index in [4.69, 9.17) is 17.0 Å². The van der Waals surface area contributed by atoms with E-state index < -0.39 is 15.9 Å². The lowest BCUT2D eigenvalue weighted by atomic mass is 10.3. The zero-order valence-corrected chi connectivity index (χ0v) is 22.7. The van der Waals surface area contributed by atoms with Crippen molar-refractivity contribution in [1.82, 2.24) is 15.3 Å². The van der Waals surface area contributed by atoms with Crippen molar-refractivity contribution >= 4 is 76.8 Å². The van der Waals surface area contributed by atoms with Crippen LogP contribution in [-0.2, 0) is 14.8 Å². The van der Waals surface area contributed by atoms with Crippen LogP contribution in [0.1, 0.15) is 11.4 Å². The van der Waals surface area contributed by atoms with Gasteiger partial charge in [-0.1, -0.05) is 15.9 Å². The molecule has 3 rings (SSSR count). The van der Waals surface area contributed by atoms with Crippen molar-refractivity contribution in [3.05, 3.63) is 68.9 Å². The van der Waals surface area contributed by atoms with E-state index >= 15 is 0 Å². The van der Waals surface area contributed by atoms with Gasteiger partial charge in [-0.05, 0) is 90.5 Å². The number of rotatable bonds is 7. The molecule has 0 aliphatic heterocycles. The summed E-state index contributed by atoms with van der Waals surface area (Å²) in [7, 11) is -3.88. The molecule has 1 heterocycles. The number of hydrogen-bond donors (Lipinski definition) is 3. The van der Waals surface area contributed by atoms with Crippen LogP contribution >= 0.6 is 44.1 Å². The lowest BCUT2D eigenvalue weighted by Crippen LogP contribution is -2.37. The van der Waals surface area contributed by atoms with Gasteiger partial charge in [0.15, 0.2) is 11.7 Å². The molecule has 0 aliphatic rings. The number of hydrogen-bond acceptors (Lipinski definition) is 7. The van der Waals surface area contributed by atoms with Gasteiger partial charge in [-0.2, -0.15) is 0 Å². The number of nitrogens with one attached hydrogen (secondary N) is 3. The Morgan fingerprint density at radius 1 is 1.03 bits per heavy atom. The van der Waals surface area contributed by atoms with Crippen LogP contribution in [0.5, 0.6) is 5.75 Å². The lowest BCUT2D eigenvalue weighted by molar-refractivity contribution is -0.121. The number of sulfonamides is 1. The fraction of sp³-hybridized carbons (Fsp3) is 0.143. The first-order chi connectivity index (χ1) is 16.0. The molecule has 0 bridgehead atoms. The van der Waals surface area contributed by atoms with E-state index in [2.05, 4.69) is 57.2 Å². The summed E-state index contributed by atoms with van der Waals surface area (Å²) >= 11 is 11.8. The Hall–Kier alpha value is -2.61. The summed E-state index contributed by atoms with van der Waals surface area (Å²) < 4.78 is 34.6. The minimum atomic E-state index is -3.88. The molecule has 1 aromatic heterocycles. The van der Waals surface area contributed by atoms with E-state index in [1.54, 1.807) is 38.1 Å². The Morgan fingerprint density at radius 2 is 1.68 bits per heavy atom. The van der Waals surface area contributed by atoms with Crippen LogP contribution in [-0.4, -0.2) is 36.0 Å². The average molecular weight is 629 g/mol. The van der Waals surface area contributed by atoms with Crippen molar-refractivity contribution in [3.63, 3.8) is 0 Å². The molecular formula is C21H19Br2N5O4S2. The standard InChI is InChI=1S/C21H19Br2N5O4S2/c1-12-9-13(2)25-20(24-12)28-34(30,31)16-6-4-15(5-7-16)26-21(33)27-19(29)11-32-18-8-3-14(22)10-17(18)23/h3-10H,11H2,1-2H3,(H,24,25,28)(H2,26,27,29,33). The lowest BCUT2D eigenvalue weighted by Gasteiger charge is -2.12. The van der Waals surface area contributed by atoms with Crippen molar-refractivity contribution in [2.24, 2.45) is 0 Å². The maximum Gasteiger partial charge on any atom is 0.264 e. The maximum absolute atomic E-state index is 12.6. The molecule has 0 fully saturated rings. The Labute approximate surface area is 219 Å². The van der Waals surface area contributed by atoms with E-state index in [0.717, 1.165) is 4.47 Å². The molecule has 3 aromatic rings. The maximum atomic E-state index is 12.6. The number of ether oxygens (including phenoxy) is 1. The summed E-state index contributed by atoms with van der Waals surface area (Å²) in [6, 6.07) is 12.9. The molecule has 9 nitrogen and oxygen atoms in total. The first kappa shape index (κ1) is 26.0. The number of thiocarbonyl (C=S) groups is 1. The highest BCUT2D eigenvalue weighted by atomic mass is 79.9. The molecule has 0 spiro atoms. The summed E-state index contributed by atoms with van der Waals surface area (Å²) in [6.45, 7) is 3.26. The number of benzene rings is 2. The molecule has 0 aliphatic carbocycles. The van der Waals surface area contributed by atoms with Gasteiger partial charge in [-0.25, -0.2) is 23.1 Å². The smallest absolute Gasteiger partial charge is 0.264 e. The molecule has 0 unspecified atom stereocenters. The van der Waals surface area contributed by atoms with Crippen molar-refractivity contribution in [3.8, 4) is 5.75 Å². The molecule has 0 saturated carbocycles. The van der Waals surface area contributed by atoms with Crippen molar-refractivity contribution in [2.75, 3.05) is 16.6 Å². The number of halogens is 2. The third-order valence-corrected chi connectivity index (χ3v) is 6.80. The number of anilines is 2. The van der Waals surface area contributed by atoms with E-state index in [0.29, 0.717) is 27.3 Å². The summed E-state index contributed by atoms with van der Waals surface area (Å²) in [4.78, 5) is 20.3. The molecule has 178 valence electrons. The molecule has 1 amide bonds. The molecule has 3 N–H and O–H groups in total. The SMILES string of the molecule is Cc1cc(C)nc(NS(=O)(=O)c2ccc(NC(=S)NC(=O)COc3ccc(Br)cc3Br)cc2)n1. The van der Waals surface area contributed by atoms with E-state index in [1.807, 2.05) is 0 Å². The second kappa shape index (κ2) is 11.2. The molecule has 0 radical (unpaired) electrons. The largest absolute Gasteiger partial charge is 0.483 e. The molecule has 0 atom stereocenters. The van der Waals surface area contributed by atoms with Gasteiger partial charge in [0.1, 0.15) is 5.75 Å². The topological polar surface area (TPSA) is 122 Å². The predicted molar refractivity (Wildman–Crippen MR) is 140 cm³/mol. The second-order valence-corrected chi connectivity index (χ2v) is 10.8. The average Bonchev–Trinajstić information content (AvgIpc) is 2.72. The quantitative estimate of drug-likeness (QED) is 0.331. The highest BCUT2D eigenvalue weighted by molar-refractivity contribution is 9.11. The summed E-state index contributed by atoms with van der Waals surface area (Å²) in [5, 5.41) is 5.37. The summed E-state index contributed by atoms with van der Waals surface area (Å²) in [6.07, 6.45) is 0. The zero-order valence-electron chi connectivity index (χ0n) is 17.9. The molecular weight excluding hydrogens is 610 g/mol. The van der Waals surface area contributed by atoms with E-state index in [9.17, 15) is 13.2 Å². The predicted octanol–water partition coefficient (Wildman–Crippen LogP) is 4.31. The van der Waals surface area contributed by atoms with Crippen LogP contribution in [0.15, 0.2) is 62.4 Å². The Balaban J connectivity index is 1.55. The number of aromatic nitrogens is 2. The van der Waals surface area contributed by atoms with Gasteiger partial charge in [0.05, 0.1) is 9.37 Å². The molecule has 0 saturated heterocycles. The monoisotopic (exact) mass is 627 g/mol. The fourth-order valence-electron chi connectivity index (χ4n) is 2.73. The third-order valence-electron chi connectivity index (χ3n) is 4.14. The molecule has 13 heteroatoms. The van der Waals surface area contributed by atoms with Gasteiger partial charge in [-0.3, -0.25) is 10.1 Å². The third kappa shape index (κ3) is 7.45. The van der Waals surface area contributed by atoms with Crippen LogP contribution in [0.2, 0.25) is 0 Å². The van der Waals surface area contributed by atoms with Crippen LogP contribution in [0.3, 0.4) is 0 Å². The number of amides is 1. The Morgan fingerprint density at radius 3 is 2.29 bits per heavy atom. The van der Waals surface area contributed by atoms with Crippen LogP contribution in [0.25, 0.3) is 0 Å². The van der Waals surface area contributed by atoms with Gasteiger partial charge < -0.3 is 10.1 Å². The zero-order chi connectivity index (χ0) is 24.9. The van der Waals surface area contributed by atoms with Gasteiger partial charge in [0.2, 0.25) is 5.95 Å². The minimum absolute atomic E-state index is 0.000905. The van der Waals surface area contributed by atoms with E-state index in [1.165, 1.54) is 24.3 Å². The highest BCUT2D eigenvalue weighted by Gasteiger charge is 2.16. The minimum Gasteiger partial charge on any atom is -0.483 e. The van der Waals surface area contributed by atoms with Crippen molar-refractivity contribution in [2.45, 2.75) is 18.7 Å². The first-order valence-electron chi connectivity index (χ1n) is 9.66. The van der Waals surface area contributed by atoms with Crippen LogP contribution in [0.4, 0.5) is 11.6 Å². The number of nitrogens with zero attached hydrogens (tertiary/aromatic N) is 2. The number of aryl methyl sites for hydroxylation is 2. The second-order valence-electron chi connectivity index (χ2n) is 6.97. The Bertz CT molecular complexity index is 1320. The van der Waals surface area contributed by atoms with Gasteiger partial charge in [-0.15, -0.1) is 0 Å². The van der Waals surface area contributed by atoms with Crippen LogP contribution < -0.4 is 20.1 Å². The van der Waals surface area contributed by atoms with E-state index in [-0.39, 0.29) is 22.6 Å². The van der Waals surface area contributed by atoms with Crippen molar-refractivity contribution < 1.29 is 17.9 Å². The van der Waals surface area contributed by atoms with Crippen LogP contribution in [0, 0.1) is 13.8 Å². The Kier molecular flexibility index (Phi) is 8.57. The number of carbonyl (C=O) groups is 1. The fourth-order valence-corrected chi connectivity index (χ4v) is 5.07. The first-order valence-corrected chi connectivity index (χ1v) is 13.1. The van der Waals surface area contributed by atoms with Crippen molar-refractivity contribution in [1.29, 1.82) is 0 Å². The van der Waals surface area contributed by atoms with Gasteiger partial charge in [0, 0.05) is 21.5 Å². The van der Waals surface area contributed by atoms with Gasteiger partial charge in [0.25, 0.3) is 15.9 Å². The molecule has 34 heavy (non-hydrogen) atoms. The highest BCUT2D eigenvalue weighted by Crippen LogP contribution is 2.28. The number of carbonyl (C=O) groups excluding carboxylic acids is 1. The van der Waals surface area contributed by atoms with Gasteiger partial charge >= 0.3 is 0 Å².